The van der Waals surface area contributed by atoms with E-state index in [0.29, 0.717) is 23.6 Å². The predicted octanol–water partition coefficient (Wildman–Crippen LogP) is 3.20. The molecule has 156 valence electrons. The van der Waals surface area contributed by atoms with Gasteiger partial charge >= 0.3 is 0 Å². The van der Waals surface area contributed by atoms with E-state index in [0.717, 1.165) is 6.07 Å². The molecule has 29 heavy (non-hydrogen) atoms. The van der Waals surface area contributed by atoms with Crippen LogP contribution in [0.4, 0.5) is 4.39 Å². The van der Waals surface area contributed by atoms with Crippen LogP contribution in [0.2, 0.25) is 5.02 Å². The number of hydrogen-bond acceptors (Lipinski definition) is 4. The number of benzene rings is 2. The molecule has 9 heteroatoms. The fraction of sp³-hybridized carbons (Fsp3) is 0.350. The molecule has 0 radical (unpaired) electrons. The van der Waals surface area contributed by atoms with Crippen LogP contribution in [0.3, 0.4) is 0 Å². The van der Waals surface area contributed by atoms with E-state index in [1.54, 1.807) is 24.3 Å². The van der Waals surface area contributed by atoms with E-state index in [9.17, 15) is 17.6 Å². The van der Waals surface area contributed by atoms with Crippen LogP contribution in [-0.4, -0.2) is 38.3 Å². The number of primary amides is 1. The molecule has 0 unspecified atom stereocenters. The number of amides is 1. The lowest BCUT2D eigenvalue weighted by Crippen LogP contribution is -2.50. The Balaban J connectivity index is 1.84. The Kier molecular flexibility index (Phi) is 6.45. The first-order valence-corrected chi connectivity index (χ1v) is 10.9. The summed E-state index contributed by atoms with van der Waals surface area (Å²) in [5.74, 6) is -0.646. The van der Waals surface area contributed by atoms with Gasteiger partial charge in [0.1, 0.15) is 11.6 Å². The third-order valence-corrected chi connectivity index (χ3v) is 7.03. The summed E-state index contributed by atoms with van der Waals surface area (Å²) >= 11 is 5.98. The highest BCUT2D eigenvalue weighted by Crippen LogP contribution is 2.37. The highest BCUT2D eigenvalue weighted by atomic mass is 35.5. The Morgan fingerprint density at radius 3 is 2.69 bits per heavy atom. The maximum atomic E-state index is 13.6. The molecule has 0 bridgehead atoms. The Labute approximate surface area is 174 Å². The molecule has 0 aromatic heterocycles. The van der Waals surface area contributed by atoms with Crippen molar-refractivity contribution >= 4 is 27.5 Å². The molecule has 2 N–H and O–H groups in total. The van der Waals surface area contributed by atoms with E-state index in [2.05, 4.69) is 0 Å². The van der Waals surface area contributed by atoms with Gasteiger partial charge in [0.15, 0.2) is 0 Å². The number of ether oxygens (including phenoxy) is 1. The Morgan fingerprint density at radius 2 is 2.00 bits per heavy atom. The molecule has 1 aliphatic rings. The summed E-state index contributed by atoms with van der Waals surface area (Å²) in [4.78, 5) is 11.6. The number of hydrogen-bond donors (Lipinski definition) is 1. The van der Waals surface area contributed by atoms with Crippen molar-refractivity contribution in [3.8, 4) is 5.75 Å². The highest BCUT2D eigenvalue weighted by Gasteiger charge is 2.42. The van der Waals surface area contributed by atoms with Crippen molar-refractivity contribution in [3.63, 3.8) is 0 Å². The summed E-state index contributed by atoms with van der Waals surface area (Å²) in [5, 5.41) is 0.505. The number of piperidine rings is 1. The molecule has 1 atom stereocenters. The molecule has 1 amide bonds. The lowest BCUT2D eigenvalue weighted by molar-refractivity contribution is -0.121. The zero-order valence-corrected chi connectivity index (χ0v) is 17.3. The number of sulfonamides is 1. The van der Waals surface area contributed by atoms with Crippen LogP contribution in [0.25, 0.3) is 0 Å². The summed E-state index contributed by atoms with van der Waals surface area (Å²) in [7, 11) is -3.92. The van der Waals surface area contributed by atoms with E-state index in [1.165, 1.54) is 22.5 Å². The normalized spacial score (nSPS) is 20.3. The lowest BCUT2D eigenvalue weighted by atomic mass is 9.78. The van der Waals surface area contributed by atoms with Gasteiger partial charge in [-0.15, -0.1) is 0 Å². The molecular weight excluding hydrogens is 419 g/mol. The van der Waals surface area contributed by atoms with Crippen molar-refractivity contribution in [2.75, 3.05) is 19.7 Å². The van der Waals surface area contributed by atoms with E-state index in [1.807, 2.05) is 0 Å². The minimum absolute atomic E-state index is 0.0251. The van der Waals surface area contributed by atoms with Crippen LogP contribution in [0.1, 0.15) is 19.3 Å². The molecule has 1 heterocycles. The van der Waals surface area contributed by atoms with Gasteiger partial charge in [-0.1, -0.05) is 23.7 Å². The third-order valence-electron chi connectivity index (χ3n) is 4.95. The van der Waals surface area contributed by atoms with Crippen molar-refractivity contribution < 1.29 is 22.3 Å². The number of carbonyl (C=O) groups is 1. The van der Waals surface area contributed by atoms with Gasteiger partial charge in [-0.3, -0.25) is 4.79 Å². The van der Waals surface area contributed by atoms with Gasteiger partial charge in [0.2, 0.25) is 15.9 Å². The average molecular weight is 441 g/mol. The zero-order chi connectivity index (χ0) is 21.1. The van der Waals surface area contributed by atoms with Crippen molar-refractivity contribution in [1.82, 2.24) is 4.31 Å². The summed E-state index contributed by atoms with van der Waals surface area (Å²) < 4.78 is 46.7. The molecule has 6 nitrogen and oxygen atoms in total. The van der Waals surface area contributed by atoms with Crippen LogP contribution in [0, 0.1) is 11.2 Å². The largest absolute Gasteiger partial charge is 0.493 e. The van der Waals surface area contributed by atoms with Crippen molar-refractivity contribution in [3.05, 3.63) is 59.4 Å². The molecule has 2 aromatic carbocycles. The topological polar surface area (TPSA) is 89.7 Å². The van der Waals surface area contributed by atoms with Gasteiger partial charge in [-0.05, 0) is 49.2 Å². The van der Waals surface area contributed by atoms with Crippen LogP contribution in [-0.2, 0) is 14.8 Å². The van der Waals surface area contributed by atoms with Gasteiger partial charge in [-0.2, -0.15) is 4.31 Å². The predicted molar refractivity (Wildman–Crippen MR) is 108 cm³/mol. The second kappa shape index (κ2) is 8.69. The molecule has 3 rings (SSSR count). The number of halogens is 2. The number of nitrogens with two attached hydrogens (primary N) is 1. The quantitative estimate of drug-likeness (QED) is 0.715. The molecule has 1 saturated heterocycles. The number of rotatable bonds is 7. The third kappa shape index (κ3) is 5.26. The minimum Gasteiger partial charge on any atom is -0.493 e. The molecule has 0 saturated carbocycles. The molecule has 1 fully saturated rings. The molecule has 0 spiro atoms. The van der Waals surface area contributed by atoms with Gasteiger partial charge < -0.3 is 10.5 Å². The van der Waals surface area contributed by atoms with Crippen molar-refractivity contribution in [1.29, 1.82) is 0 Å². The van der Waals surface area contributed by atoms with Gasteiger partial charge in [-0.25, -0.2) is 12.8 Å². The first-order chi connectivity index (χ1) is 13.7. The molecular formula is C20H22ClFN2O4S. The van der Waals surface area contributed by atoms with Crippen molar-refractivity contribution in [2.24, 2.45) is 11.1 Å². The van der Waals surface area contributed by atoms with E-state index < -0.39 is 27.2 Å². The Morgan fingerprint density at radius 1 is 1.24 bits per heavy atom. The molecule has 0 aliphatic carbocycles. The minimum atomic E-state index is -3.92. The maximum Gasteiger partial charge on any atom is 0.243 e. The maximum absolute atomic E-state index is 13.6. The highest BCUT2D eigenvalue weighted by molar-refractivity contribution is 7.89. The fourth-order valence-electron chi connectivity index (χ4n) is 3.62. The summed E-state index contributed by atoms with van der Waals surface area (Å²) in [6.07, 6.45) is 1.08. The first-order valence-electron chi connectivity index (χ1n) is 9.13. The molecule has 1 aliphatic heterocycles. The average Bonchev–Trinajstić information content (AvgIpc) is 2.66. The summed E-state index contributed by atoms with van der Waals surface area (Å²) in [5.41, 5.74) is 4.67. The van der Waals surface area contributed by atoms with E-state index in [-0.39, 0.29) is 31.0 Å². The van der Waals surface area contributed by atoms with Crippen LogP contribution in [0.5, 0.6) is 5.75 Å². The second-order valence-electron chi connectivity index (χ2n) is 7.29. The smallest absolute Gasteiger partial charge is 0.243 e. The van der Waals surface area contributed by atoms with E-state index in [4.69, 9.17) is 22.1 Å². The summed E-state index contributed by atoms with van der Waals surface area (Å²) in [6, 6.07) is 11.7. The zero-order valence-electron chi connectivity index (χ0n) is 15.7. The van der Waals surface area contributed by atoms with Crippen molar-refractivity contribution in [2.45, 2.75) is 24.2 Å². The Bertz CT molecular complexity index is 1000. The number of carbonyl (C=O) groups excluding carboxylic acids is 1. The SMILES string of the molecule is NC(=O)C[C@@]1(COc2cccc(Cl)c2)CCCN(S(=O)(=O)c2cccc(F)c2)C1. The molecule has 2 aromatic rings. The van der Waals surface area contributed by atoms with Gasteiger partial charge in [0.25, 0.3) is 0 Å². The van der Waals surface area contributed by atoms with Crippen LogP contribution >= 0.6 is 11.6 Å². The monoisotopic (exact) mass is 440 g/mol. The Hall–Kier alpha value is -2.16. The lowest BCUT2D eigenvalue weighted by Gasteiger charge is -2.41. The number of nitrogens with zero attached hydrogens (tertiary/aromatic N) is 1. The fourth-order valence-corrected chi connectivity index (χ4v) is 5.42. The van der Waals surface area contributed by atoms with Gasteiger partial charge in [0.05, 0.1) is 11.5 Å². The summed E-state index contributed by atoms with van der Waals surface area (Å²) in [6.45, 7) is 0.428. The van der Waals surface area contributed by atoms with Gasteiger partial charge in [0, 0.05) is 29.9 Å². The van der Waals surface area contributed by atoms with E-state index >= 15 is 0 Å². The second-order valence-corrected chi connectivity index (χ2v) is 9.66. The standard InChI is InChI=1S/C20H22ClFN2O4S/c21-15-4-1-6-17(10-15)28-14-20(12-19(23)25)8-3-9-24(13-20)29(26,27)18-7-2-5-16(22)11-18/h1-2,4-7,10-11H,3,8-9,12-14H2,(H2,23,25)/t20-/m0/s1. The van der Waals surface area contributed by atoms with Crippen LogP contribution < -0.4 is 10.5 Å². The van der Waals surface area contributed by atoms with Crippen LogP contribution in [0.15, 0.2) is 53.4 Å². The first kappa shape index (κ1) is 21.5.